The van der Waals surface area contributed by atoms with Crippen LogP contribution in [0.2, 0.25) is 0 Å². The summed E-state index contributed by atoms with van der Waals surface area (Å²) in [5, 5.41) is 26.6. The van der Waals surface area contributed by atoms with Gasteiger partial charge in [0.15, 0.2) is 0 Å². The molecule has 0 fully saturated rings. The van der Waals surface area contributed by atoms with Crippen LogP contribution in [-0.2, 0) is 9.59 Å². The first-order valence-electron chi connectivity index (χ1n) is 7.84. The minimum atomic E-state index is -0.378. The molecular weight excluding hydrogens is 368 g/mol. The number of carbonyl (C=O) groups is 2. The lowest BCUT2D eigenvalue weighted by Gasteiger charge is -2.01. The Bertz CT molecular complexity index is 785. The van der Waals surface area contributed by atoms with E-state index < -0.39 is 0 Å². The van der Waals surface area contributed by atoms with Crippen molar-refractivity contribution in [2.45, 2.75) is 0 Å². The van der Waals surface area contributed by atoms with Crippen molar-refractivity contribution in [1.82, 2.24) is 10.9 Å². The van der Waals surface area contributed by atoms with E-state index in [1.54, 1.807) is 36.4 Å². The molecule has 0 saturated carbocycles. The molecule has 0 radical (unpaired) electrons. The molecule has 27 heavy (non-hydrogen) atoms. The predicted molar refractivity (Wildman–Crippen MR) is 105 cm³/mol. The number of amides is 2. The van der Waals surface area contributed by atoms with Crippen LogP contribution in [0.5, 0.6) is 11.5 Å². The third-order valence-electron chi connectivity index (χ3n) is 3.13. The number of thioether (sulfide) groups is 1. The average molecular weight is 386 g/mol. The summed E-state index contributed by atoms with van der Waals surface area (Å²) in [4.78, 5) is 23.3. The van der Waals surface area contributed by atoms with Gasteiger partial charge in [-0.25, -0.2) is 10.9 Å². The Morgan fingerprint density at radius 1 is 0.815 bits per heavy atom. The lowest BCUT2D eigenvalue weighted by Crippen LogP contribution is -2.23. The second kappa shape index (κ2) is 10.6. The highest BCUT2D eigenvalue weighted by Crippen LogP contribution is 2.13. The summed E-state index contributed by atoms with van der Waals surface area (Å²) >= 11 is 1.10. The van der Waals surface area contributed by atoms with Gasteiger partial charge in [-0.3, -0.25) is 9.59 Å². The molecule has 9 heteroatoms. The fourth-order valence-corrected chi connectivity index (χ4v) is 2.44. The number of hydrogen-bond acceptors (Lipinski definition) is 7. The van der Waals surface area contributed by atoms with Crippen molar-refractivity contribution < 1.29 is 19.8 Å². The van der Waals surface area contributed by atoms with Gasteiger partial charge < -0.3 is 10.2 Å². The van der Waals surface area contributed by atoms with E-state index in [2.05, 4.69) is 21.1 Å². The topological polar surface area (TPSA) is 123 Å². The van der Waals surface area contributed by atoms with E-state index in [0.29, 0.717) is 11.1 Å². The van der Waals surface area contributed by atoms with Gasteiger partial charge in [0.05, 0.1) is 23.9 Å². The monoisotopic (exact) mass is 386 g/mol. The summed E-state index contributed by atoms with van der Waals surface area (Å²) in [5.74, 6) is -0.560. The molecule has 8 nitrogen and oxygen atoms in total. The summed E-state index contributed by atoms with van der Waals surface area (Å²) in [6, 6.07) is 13.2. The molecule has 0 unspecified atom stereocenters. The summed E-state index contributed by atoms with van der Waals surface area (Å²) in [7, 11) is 0. The van der Waals surface area contributed by atoms with Crippen LogP contribution in [0.15, 0.2) is 58.7 Å². The summed E-state index contributed by atoms with van der Waals surface area (Å²) < 4.78 is 0. The van der Waals surface area contributed by atoms with Gasteiger partial charge in [-0.15, -0.1) is 11.8 Å². The highest BCUT2D eigenvalue weighted by Gasteiger charge is 2.04. The molecule has 0 saturated heterocycles. The van der Waals surface area contributed by atoms with Gasteiger partial charge in [0, 0.05) is 11.1 Å². The minimum Gasteiger partial charge on any atom is -0.507 e. The number of rotatable bonds is 8. The predicted octanol–water partition coefficient (Wildman–Crippen LogP) is 1.43. The molecule has 0 aliphatic heterocycles. The molecule has 2 aromatic rings. The van der Waals surface area contributed by atoms with Crippen LogP contribution in [-0.4, -0.2) is 46.0 Å². The maximum absolute atomic E-state index is 11.6. The molecule has 2 amide bonds. The molecular formula is C18H18N4O4S. The second-order valence-corrected chi connectivity index (χ2v) is 6.18. The van der Waals surface area contributed by atoms with Gasteiger partial charge >= 0.3 is 0 Å². The number of carbonyl (C=O) groups excluding carboxylic acids is 2. The second-order valence-electron chi connectivity index (χ2n) is 5.20. The Labute approximate surface area is 160 Å². The van der Waals surface area contributed by atoms with Crippen LogP contribution >= 0.6 is 11.8 Å². The molecule has 0 aliphatic carbocycles. The molecule has 0 aliphatic rings. The third kappa shape index (κ3) is 7.20. The van der Waals surface area contributed by atoms with Crippen molar-refractivity contribution in [3.8, 4) is 11.5 Å². The first-order chi connectivity index (χ1) is 13.1. The van der Waals surface area contributed by atoms with E-state index in [-0.39, 0.29) is 34.8 Å². The molecule has 0 aromatic heterocycles. The zero-order valence-corrected chi connectivity index (χ0v) is 15.0. The van der Waals surface area contributed by atoms with Crippen molar-refractivity contribution in [2.24, 2.45) is 10.2 Å². The first-order valence-corrected chi connectivity index (χ1v) is 8.99. The standard InChI is InChI=1S/C18H18N4O4S/c23-15-7-3-1-5-13(15)9-19-21-17(25)11-27-12-18(26)22-20-10-14-6-2-4-8-16(14)24/h1-10,23-24H,11-12H2,(H,21,25)(H,22,26)/b19-9+,20-10+. The minimum absolute atomic E-state index is 0.0364. The number of hydrazone groups is 2. The molecule has 0 atom stereocenters. The number of hydrogen-bond donors (Lipinski definition) is 4. The fourth-order valence-electron chi connectivity index (χ4n) is 1.84. The van der Waals surface area contributed by atoms with Crippen molar-refractivity contribution in [3.63, 3.8) is 0 Å². The number of nitrogens with one attached hydrogen (secondary N) is 2. The van der Waals surface area contributed by atoms with Gasteiger partial charge in [-0.2, -0.15) is 10.2 Å². The van der Waals surface area contributed by atoms with E-state index in [1.807, 2.05) is 0 Å². The maximum Gasteiger partial charge on any atom is 0.250 e. The van der Waals surface area contributed by atoms with Crippen LogP contribution < -0.4 is 10.9 Å². The Morgan fingerprint density at radius 3 is 1.63 bits per heavy atom. The van der Waals surface area contributed by atoms with E-state index >= 15 is 0 Å². The number of benzene rings is 2. The first kappa shape index (κ1) is 20.0. The number of nitrogens with zero attached hydrogens (tertiary/aromatic N) is 2. The largest absolute Gasteiger partial charge is 0.507 e. The highest BCUT2D eigenvalue weighted by atomic mass is 32.2. The van der Waals surface area contributed by atoms with Crippen LogP contribution in [0.3, 0.4) is 0 Å². The summed E-state index contributed by atoms with van der Waals surface area (Å²) in [6.45, 7) is 0. The van der Waals surface area contributed by atoms with Crippen LogP contribution in [0.1, 0.15) is 11.1 Å². The molecule has 2 aromatic carbocycles. The smallest absolute Gasteiger partial charge is 0.250 e. The van der Waals surface area contributed by atoms with Crippen molar-refractivity contribution in [3.05, 3.63) is 59.7 Å². The number of phenolic OH excluding ortho intramolecular Hbond substituents is 2. The summed E-state index contributed by atoms with van der Waals surface area (Å²) in [5.41, 5.74) is 5.58. The zero-order chi connectivity index (χ0) is 19.5. The fraction of sp³-hybridized carbons (Fsp3) is 0.111. The van der Waals surface area contributed by atoms with Gasteiger partial charge in [0.2, 0.25) is 11.8 Å². The van der Waals surface area contributed by atoms with E-state index in [0.717, 1.165) is 11.8 Å². The van der Waals surface area contributed by atoms with Crippen LogP contribution in [0, 0.1) is 0 Å². The Kier molecular flexibility index (Phi) is 7.86. The Balaban J connectivity index is 1.65. The van der Waals surface area contributed by atoms with E-state index in [4.69, 9.17) is 0 Å². The van der Waals surface area contributed by atoms with Gasteiger partial charge in [0.25, 0.3) is 0 Å². The number of para-hydroxylation sites is 2. The average Bonchev–Trinajstić information content (AvgIpc) is 2.65. The molecule has 4 N–H and O–H groups in total. The van der Waals surface area contributed by atoms with Crippen LogP contribution in [0.25, 0.3) is 0 Å². The van der Waals surface area contributed by atoms with E-state index in [1.165, 1.54) is 24.6 Å². The Hall–Kier alpha value is -3.33. The van der Waals surface area contributed by atoms with Gasteiger partial charge in [-0.1, -0.05) is 24.3 Å². The number of aromatic hydroxyl groups is 2. The van der Waals surface area contributed by atoms with Gasteiger partial charge in [0.1, 0.15) is 11.5 Å². The molecule has 0 bridgehead atoms. The summed E-state index contributed by atoms with van der Waals surface area (Å²) in [6.07, 6.45) is 2.66. The molecule has 0 spiro atoms. The van der Waals surface area contributed by atoms with Gasteiger partial charge in [-0.05, 0) is 24.3 Å². The van der Waals surface area contributed by atoms with E-state index in [9.17, 15) is 19.8 Å². The number of phenols is 2. The lowest BCUT2D eigenvalue weighted by molar-refractivity contribution is -0.118. The maximum atomic E-state index is 11.6. The van der Waals surface area contributed by atoms with Crippen molar-refractivity contribution in [1.29, 1.82) is 0 Å². The zero-order valence-electron chi connectivity index (χ0n) is 14.2. The lowest BCUT2D eigenvalue weighted by atomic mass is 10.2. The SMILES string of the molecule is O=C(CSCC(=O)N/N=C/c1ccccc1O)N/N=C/c1ccccc1O. The highest BCUT2D eigenvalue weighted by molar-refractivity contribution is 8.00. The van der Waals surface area contributed by atoms with Crippen molar-refractivity contribution >= 4 is 36.0 Å². The van der Waals surface area contributed by atoms with Crippen molar-refractivity contribution in [2.75, 3.05) is 11.5 Å². The third-order valence-corrected chi connectivity index (χ3v) is 4.06. The normalized spacial score (nSPS) is 11.0. The molecule has 140 valence electrons. The molecule has 2 rings (SSSR count). The van der Waals surface area contributed by atoms with Crippen LogP contribution in [0.4, 0.5) is 0 Å². The quantitative estimate of drug-likeness (QED) is 0.404. The Morgan fingerprint density at radius 2 is 1.22 bits per heavy atom. The molecule has 0 heterocycles.